The smallest absolute Gasteiger partial charge is 0.167 e. The maximum Gasteiger partial charge on any atom is 0.167 e. The number of aromatic nitrogens is 2. The van der Waals surface area contributed by atoms with Crippen LogP contribution >= 0.6 is 11.8 Å². The summed E-state index contributed by atoms with van der Waals surface area (Å²) in [6.07, 6.45) is 5.24. The number of thioether (sulfide) groups is 1. The normalized spacial score (nSPS) is 14.3. The van der Waals surface area contributed by atoms with Crippen molar-refractivity contribution in [3.05, 3.63) is 28.3 Å². The first-order valence-electron chi connectivity index (χ1n) is 5.26. The van der Waals surface area contributed by atoms with E-state index >= 15 is 0 Å². The molecule has 0 saturated carbocycles. The second kappa shape index (κ2) is 3.59. The fraction of sp³-hybridized carbons (Fsp3) is 0.364. The van der Waals surface area contributed by atoms with Crippen molar-refractivity contribution in [1.82, 2.24) is 9.61 Å². The first kappa shape index (κ1) is 9.84. The van der Waals surface area contributed by atoms with Gasteiger partial charge in [-0.2, -0.15) is 5.10 Å². The maximum absolute atomic E-state index is 10.8. The van der Waals surface area contributed by atoms with Gasteiger partial charge in [-0.15, -0.1) is 16.7 Å². The molecule has 0 saturated heterocycles. The van der Waals surface area contributed by atoms with E-state index in [4.69, 9.17) is 0 Å². The quantitative estimate of drug-likeness (QED) is 0.592. The minimum Gasteiger partial charge on any atom is -0.234 e. The summed E-state index contributed by atoms with van der Waals surface area (Å²) in [5.41, 5.74) is 3.89. The minimum atomic E-state index is 0.474. The van der Waals surface area contributed by atoms with E-state index in [1.807, 2.05) is 16.8 Å². The van der Waals surface area contributed by atoms with E-state index in [0.29, 0.717) is 5.69 Å². The first-order valence-corrected chi connectivity index (χ1v) is 6.48. The SMILES string of the molecule is CSc1nn2c3c(ccc2c1N=O)CCC3. The van der Waals surface area contributed by atoms with E-state index in [2.05, 4.69) is 16.3 Å². The highest BCUT2D eigenvalue weighted by molar-refractivity contribution is 7.98. The Balaban J connectivity index is 2.38. The van der Waals surface area contributed by atoms with Crippen LogP contribution in [0.2, 0.25) is 0 Å². The van der Waals surface area contributed by atoms with Crippen LogP contribution in [0.15, 0.2) is 22.3 Å². The summed E-state index contributed by atoms with van der Waals surface area (Å²) in [5, 5.41) is 8.28. The van der Waals surface area contributed by atoms with Crippen LogP contribution in [0.5, 0.6) is 0 Å². The number of hydrogen-bond donors (Lipinski definition) is 0. The van der Waals surface area contributed by atoms with Crippen molar-refractivity contribution < 1.29 is 0 Å². The van der Waals surface area contributed by atoms with E-state index in [-0.39, 0.29) is 0 Å². The number of aryl methyl sites for hydroxylation is 2. The monoisotopic (exact) mass is 233 g/mol. The molecule has 0 amide bonds. The van der Waals surface area contributed by atoms with Gasteiger partial charge in [-0.05, 0) is 42.3 Å². The van der Waals surface area contributed by atoms with Gasteiger partial charge >= 0.3 is 0 Å². The number of fused-ring (bicyclic) bond motifs is 3. The molecule has 0 bridgehead atoms. The van der Waals surface area contributed by atoms with Crippen LogP contribution in [0.4, 0.5) is 5.69 Å². The number of pyridine rings is 1. The molecule has 0 unspecified atom stereocenters. The van der Waals surface area contributed by atoms with Gasteiger partial charge in [0, 0.05) is 5.69 Å². The van der Waals surface area contributed by atoms with Gasteiger partial charge in [0.05, 0.1) is 5.52 Å². The second-order valence-corrected chi connectivity index (χ2v) is 4.70. The van der Waals surface area contributed by atoms with E-state index in [0.717, 1.165) is 23.4 Å². The summed E-state index contributed by atoms with van der Waals surface area (Å²) in [5.74, 6) is 0. The van der Waals surface area contributed by atoms with Gasteiger partial charge < -0.3 is 0 Å². The Morgan fingerprint density at radius 3 is 3.06 bits per heavy atom. The van der Waals surface area contributed by atoms with Crippen molar-refractivity contribution in [3.63, 3.8) is 0 Å². The fourth-order valence-electron chi connectivity index (χ4n) is 2.33. The van der Waals surface area contributed by atoms with Gasteiger partial charge in [-0.3, -0.25) is 0 Å². The number of nitrogens with zero attached hydrogens (tertiary/aromatic N) is 3. The zero-order valence-electron chi connectivity index (χ0n) is 8.93. The number of rotatable bonds is 2. The Morgan fingerprint density at radius 1 is 1.44 bits per heavy atom. The molecule has 0 fully saturated rings. The lowest BCUT2D eigenvalue weighted by Crippen LogP contribution is -1.96. The van der Waals surface area contributed by atoms with Crippen molar-refractivity contribution in [2.45, 2.75) is 24.3 Å². The molecule has 82 valence electrons. The third kappa shape index (κ3) is 1.21. The third-order valence-corrected chi connectivity index (χ3v) is 3.74. The van der Waals surface area contributed by atoms with Crippen LogP contribution in [0.25, 0.3) is 5.52 Å². The molecule has 0 N–H and O–H groups in total. The van der Waals surface area contributed by atoms with Gasteiger partial charge in [0.25, 0.3) is 0 Å². The lowest BCUT2D eigenvalue weighted by molar-refractivity contribution is 0.819. The molecule has 2 heterocycles. The standard InChI is InChI=1S/C11H11N3OS/c1-16-11-10(13-15)9-6-5-7-3-2-4-8(7)14(9)12-11/h5-6H,2-4H2,1H3. The summed E-state index contributed by atoms with van der Waals surface area (Å²) in [7, 11) is 0. The van der Waals surface area contributed by atoms with Crippen molar-refractivity contribution in [2.75, 3.05) is 6.26 Å². The van der Waals surface area contributed by atoms with Gasteiger partial charge in [0.1, 0.15) is 5.03 Å². The van der Waals surface area contributed by atoms with Crippen molar-refractivity contribution in [1.29, 1.82) is 0 Å². The molecule has 0 spiro atoms. The molecule has 0 aromatic carbocycles. The van der Waals surface area contributed by atoms with Crippen LogP contribution in [0, 0.1) is 4.91 Å². The van der Waals surface area contributed by atoms with Crippen molar-refractivity contribution in [2.24, 2.45) is 5.18 Å². The maximum atomic E-state index is 10.8. The molecule has 2 aromatic heterocycles. The highest BCUT2D eigenvalue weighted by atomic mass is 32.2. The summed E-state index contributed by atoms with van der Waals surface area (Å²) in [6, 6.07) is 4.05. The Labute approximate surface area is 97.0 Å². The largest absolute Gasteiger partial charge is 0.234 e. The molecule has 0 atom stereocenters. The predicted octanol–water partition coefficient (Wildman–Crippen LogP) is 2.94. The van der Waals surface area contributed by atoms with Gasteiger partial charge in [0.2, 0.25) is 0 Å². The first-order chi connectivity index (χ1) is 7.85. The van der Waals surface area contributed by atoms with Crippen LogP contribution in [-0.4, -0.2) is 15.9 Å². The molecule has 2 aromatic rings. The van der Waals surface area contributed by atoms with E-state index < -0.39 is 0 Å². The lowest BCUT2D eigenvalue weighted by atomic mass is 10.2. The van der Waals surface area contributed by atoms with Crippen LogP contribution in [-0.2, 0) is 12.8 Å². The average Bonchev–Trinajstić information content (AvgIpc) is 2.91. The summed E-state index contributed by atoms with van der Waals surface area (Å²) in [6.45, 7) is 0. The Bertz CT molecular complexity index is 576. The average molecular weight is 233 g/mol. The molecular weight excluding hydrogens is 222 g/mol. The number of nitroso groups, excluding NO2 is 1. The summed E-state index contributed by atoms with van der Waals surface area (Å²) >= 11 is 1.47. The van der Waals surface area contributed by atoms with E-state index in [1.165, 1.54) is 29.4 Å². The molecule has 16 heavy (non-hydrogen) atoms. The van der Waals surface area contributed by atoms with Crippen LogP contribution in [0.1, 0.15) is 17.7 Å². The van der Waals surface area contributed by atoms with Crippen molar-refractivity contribution >= 4 is 23.0 Å². The molecule has 0 aliphatic heterocycles. The highest BCUT2D eigenvalue weighted by Crippen LogP contribution is 2.34. The van der Waals surface area contributed by atoms with Gasteiger partial charge in [-0.1, -0.05) is 6.07 Å². The van der Waals surface area contributed by atoms with E-state index in [1.54, 1.807) is 0 Å². The molecule has 1 aliphatic rings. The molecule has 5 heteroatoms. The van der Waals surface area contributed by atoms with E-state index in [9.17, 15) is 4.91 Å². The Morgan fingerprint density at radius 2 is 2.31 bits per heavy atom. The van der Waals surface area contributed by atoms with Crippen LogP contribution < -0.4 is 0 Å². The minimum absolute atomic E-state index is 0.474. The Hall–Kier alpha value is -1.36. The second-order valence-electron chi connectivity index (χ2n) is 3.91. The lowest BCUT2D eigenvalue weighted by Gasteiger charge is -2.01. The Kier molecular flexibility index (Phi) is 2.21. The molecule has 0 radical (unpaired) electrons. The summed E-state index contributed by atoms with van der Waals surface area (Å²) < 4.78 is 1.89. The molecule has 1 aliphatic carbocycles. The molecule has 4 nitrogen and oxygen atoms in total. The predicted molar refractivity (Wildman–Crippen MR) is 64.5 cm³/mol. The highest BCUT2D eigenvalue weighted by Gasteiger charge is 2.19. The molecular formula is C11H11N3OS. The van der Waals surface area contributed by atoms with Crippen LogP contribution in [0.3, 0.4) is 0 Å². The third-order valence-electron chi connectivity index (χ3n) is 3.08. The fourth-order valence-corrected chi connectivity index (χ4v) is 2.83. The molecule has 3 rings (SSSR count). The van der Waals surface area contributed by atoms with Gasteiger partial charge in [0.15, 0.2) is 5.69 Å². The zero-order valence-corrected chi connectivity index (χ0v) is 9.75. The van der Waals surface area contributed by atoms with Gasteiger partial charge in [-0.25, -0.2) is 4.52 Å². The summed E-state index contributed by atoms with van der Waals surface area (Å²) in [4.78, 5) is 10.8. The van der Waals surface area contributed by atoms with Crippen molar-refractivity contribution in [3.8, 4) is 0 Å². The zero-order chi connectivity index (χ0) is 11.1. The topological polar surface area (TPSA) is 46.7 Å². The number of hydrogen-bond acceptors (Lipinski definition) is 4.